The maximum atomic E-state index is 7.44. The van der Waals surface area contributed by atoms with Gasteiger partial charge in [-0.1, -0.05) is 12.1 Å². The number of nitrogens with zero attached hydrogens (tertiary/aromatic N) is 2. The van der Waals surface area contributed by atoms with Crippen LogP contribution in [0.25, 0.3) is 11.0 Å². The molecule has 0 fully saturated rings. The Labute approximate surface area is 60.7 Å². The van der Waals surface area contributed by atoms with Crippen LogP contribution in [-0.2, 0) is 0 Å². The van der Waals surface area contributed by atoms with Crippen LogP contribution in [0.15, 0.2) is 24.2 Å². The van der Waals surface area contributed by atoms with Crippen molar-refractivity contribution in [2.24, 2.45) is 0 Å². The first-order valence-corrected chi connectivity index (χ1v) is 3.12. The van der Waals surface area contributed by atoms with E-state index in [1.165, 1.54) is 6.07 Å². The molecular formula is C6H4N2S. The van der Waals surface area contributed by atoms with E-state index in [4.69, 9.17) is 4.11 Å². The van der Waals surface area contributed by atoms with Crippen LogP contribution in [-0.4, -0.2) is 8.75 Å². The lowest BCUT2D eigenvalue weighted by Crippen LogP contribution is -1.63. The van der Waals surface area contributed by atoms with Gasteiger partial charge in [-0.2, -0.15) is 8.75 Å². The summed E-state index contributed by atoms with van der Waals surface area (Å²) < 4.78 is 29.8. The predicted octanol–water partition coefficient (Wildman–Crippen LogP) is 1.69. The van der Waals surface area contributed by atoms with Gasteiger partial charge in [0.15, 0.2) is 0 Å². The number of aromatic nitrogens is 2. The number of rotatable bonds is 0. The summed E-state index contributed by atoms with van der Waals surface area (Å²) in [6, 6.07) is 1.39. The molecule has 2 rings (SSSR count). The molecule has 1 heterocycles. The fourth-order valence-electron chi connectivity index (χ4n) is 0.577. The molecule has 3 heteroatoms. The molecule has 0 saturated heterocycles. The Kier molecular flexibility index (Phi) is 0.541. The maximum Gasteiger partial charge on any atom is 0.104 e. The van der Waals surface area contributed by atoms with Gasteiger partial charge in [-0.05, 0) is 12.1 Å². The fraction of sp³-hybridized carbons (Fsp3) is 0. The van der Waals surface area contributed by atoms with Crippen molar-refractivity contribution in [3.63, 3.8) is 0 Å². The smallest absolute Gasteiger partial charge is 0.104 e. The molecule has 0 aliphatic heterocycles. The summed E-state index contributed by atoms with van der Waals surface area (Å²) in [5, 5.41) is 0. The van der Waals surface area contributed by atoms with Crippen LogP contribution in [0.4, 0.5) is 0 Å². The minimum atomic E-state index is -0.0878. The fourth-order valence-corrected chi connectivity index (χ4v) is 1.07. The van der Waals surface area contributed by atoms with Crippen molar-refractivity contribution in [3.05, 3.63) is 24.2 Å². The number of fused-ring (bicyclic) bond motifs is 1. The average Bonchev–Trinajstić information content (AvgIpc) is 2.48. The highest BCUT2D eigenvalue weighted by molar-refractivity contribution is 7.00. The van der Waals surface area contributed by atoms with Crippen molar-refractivity contribution >= 4 is 22.8 Å². The van der Waals surface area contributed by atoms with Gasteiger partial charge < -0.3 is 0 Å². The van der Waals surface area contributed by atoms with Crippen LogP contribution in [0, 0.1) is 0 Å². The highest BCUT2D eigenvalue weighted by atomic mass is 32.1. The van der Waals surface area contributed by atoms with Crippen molar-refractivity contribution in [2.75, 3.05) is 0 Å². The molecule has 0 bridgehead atoms. The molecule has 0 aliphatic carbocycles. The van der Waals surface area contributed by atoms with Crippen LogP contribution >= 0.6 is 11.7 Å². The molecule has 0 atom stereocenters. The molecule has 44 valence electrons. The lowest BCUT2D eigenvalue weighted by molar-refractivity contribution is 1.64. The summed E-state index contributed by atoms with van der Waals surface area (Å²) in [4.78, 5) is 0. The zero-order chi connectivity index (χ0) is 8.72. The van der Waals surface area contributed by atoms with E-state index in [2.05, 4.69) is 8.75 Å². The third-order valence-corrected chi connectivity index (χ3v) is 1.52. The molecular weight excluding hydrogens is 132 g/mol. The summed E-state index contributed by atoms with van der Waals surface area (Å²) in [5.74, 6) is 0. The second-order valence-corrected chi connectivity index (χ2v) is 2.07. The maximum absolute atomic E-state index is 7.44. The Balaban J connectivity index is 2.94. The number of hydrogen-bond donors (Lipinski definition) is 0. The SMILES string of the molecule is [2H]c1cc2nsnc2c([2H])c1[2H]. The Morgan fingerprint density at radius 3 is 3.22 bits per heavy atom. The molecule has 2 nitrogen and oxygen atoms in total. The molecule has 0 aliphatic rings. The topological polar surface area (TPSA) is 25.8 Å². The lowest BCUT2D eigenvalue weighted by atomic mass is 10.3. The number of hydrogen-bond acceptors (Lipinski definition) is 3. The van der Waals surface area contributed by atoms with E-state index >= 15 is 0 Å². The van der Waals surface area contributed by atoms with E-state index in [-0.39, 0.29) is 18.1 Å². The van der Waals surface area contributed by atoms with E-state index in [1.807, 2.05) is 0 Å². The van der Waals surface area contributed by atoms with Gasteiger partial charge in [-0.15, -0.1) is 0 Å². The second-order valence-electron chi connectivity index (χ2n) is 1.54. The Morgan fingerprint density at radius 2 is 2.22 bits per heavy atom. The summed E-state index contributed by atoms with van der Waals surface area (Å²) in [5.41, 5.74) is 0.951. The van der Waals surface area contributed by atoms with E-state index in [9.17, 15) is 0 Å². The van der Waals surface area contributed by atoms with E-state index in [0.717, 1.165) is 11.7 Å². The monoisotopic (exact) mass is 139 g/mol. The standard InChI is InChI=1S/C6H4N2S/c1-2-4-6-5(3-1)7-9-8-6/h1-4H/i1D,2D,3D. The quantitative estimate of drug-likeness (QED) is 0.555. The largest absolute Gasteiger partial charge is 0.173 e. The average molecular weight is 139 g/mol. The minimum absolute atomic E-state index is 0.00810. The molecule has 0 radical (unpaired) electrons. The third-order valence-electron chi connectivity index (χ3n) is 0.976. The summed E-state index contributed by atoms with van der Waals surface area (Å²) >= 11 is 0.998. The summed E-state index contributed by atoms with van der Waals surface area (Å²) in [6.07, 6.45) is 0. The zero-order valence-electron chi connectivity index (χ0n) is 7.38. The van der Waals surface area contributed by atoms with Gasteiger partial charge in [0.2, 0.25) is 0 Å². The molecule has 0 amide bonds. The van der Waals surface area contributed by atoms with Crippen LogP contribution in [0.5, 0.6) is 0 Å². The Bertz CT molecular complexity index is 440. The van der Waals surface area contributed by atoms with Crippen molar-refractivity contribution in [1.29, 1.82) is 0 Å². The predicted molar refractivity (Wildman–Crippen MR) is 37.4 cm³/mol. The van der Waals surface area contributed by atoms with Crippen molar-refractivity contribution in [1.82, 2.24) is 8.75 Å². The van der Waals surface area contributed by atoms with E-state index in [0.29, 0.717) is 11.0 Å². The Morgan fingerprint density at radius 1 is 1.33 bits per heavy atom. The minimum Gasteiger partial charge on any atom is -0.173 e. The van der Waals surface area contributed by atoms with Crippen LogP contribution < -0.4 is 0 Å². The van der Waals surface area contributed by atoms with Gasteiger partial charge in [0.05, 0.1) is 15.8 Å². The normalized spacial score (nSPS) is 14.9. The molecule has 0 saturated carbocycles. The molecule has 1 aromatic carbocycles. The third kappa shape index (κ3) is 0.695. The van der Waals surface area contributed by atoms with Gasteiger partial charge in [0.25, 0.3) is 0 Å². The van der Waals surface area contributed by atoms with Crippen molar-refractivity contribution in [2.45, 2.75) is 0 Å². The molecule has 0 unspecified atom stereocenters. The van der Waals surface area contributed by atoms with Crippen LogP contribution in [0.2, 0.25) is 0 Å². The Hall–Kier alpha value is -0.960. The van der Waals surface area contributed by atoms with Crippen LogP contribution in [0.3, 0.4) is 0 Å². The molecule has 2 aromatic rings. The van der Waals surface area contributed by atoms with E-state index < -0.39 is 0 Å². The zero-order valence-corrected chi connectivity index (χ0v) is 5.20. The van der Waals surface area contributed by atoms with Gasteiger partial charge >= 0.3 is 0 Å². The first-order chi connectivity index (χ1) is 5.70. The lowest BCUT2D eigenvalue weighted by Gasteiger charge is -1.78. The molecule has 0 N–H and O–H groups in total. The molecule has 1 aromatic heterocycles. The number of benzene rings is 1. The first kappa shape index (κ1) is 2.75. The van der Waals surface area contributed by atoms with Crippen LogP contribution in [0.1, 0.15) is 4.11 Å². The molecule has 0 spiro atoms. The van der Waals surface area contributed by atoms with Gasteiger partial charge in [0, 0.05) is 0 Å². The van der Waals surface area contributed by atoms with Crippen molar-refractivity contribution in [3.8, 4) is 0 Å². The second kappa shape index (κ2) is 1.77. The van der Waals surface area contributed by atoms with Gasteiger partial charge in [0.1, 0.15) is 11.0 Å². The first-order valence-electron chi connectivity index (χ1n) is 3.89. The van der Waals surface area contributed by atoms with Gasteiger partial charge in [-0.25, -0.2) is 0 Å². The molecule has 9 heavy (non-hydrogen) atoms. The highest BCUT2D eigenvalue weighted by Crippen LogP contribution is 2.08. The van der Waals surface area contributed by atoms with Crippen molar-refractivity contribution < 1.29 is 4.11 Å². The van der Waals surface area contributed by atoms with E-state index in [1.54, 1.807) is 0 Å². The summed E-state index contributed by atoms with van der Waals surface area (Å²) in [6.45, 7) is 0. The van der Waals surface area contributed by atoms with Gasteiger partial charge in [-0.3, -0.25) is 0 Å². The highest BCUT2D eigenvalue weighted by Gasteiger charge is 1.91. The summed E-state index contributed by atoms with van der Waals surface area (Å²) in [7, 11) is 0.